The molecular weight excluding hydrogens is 372 g/mol. The highest BCUT2D eigenvalue weighted by Gasteiger charge is 2.25. The molecule has 0 unspecified atom stereocenters. The fourth-order valence-corrected chi connectivity index (χ4v) is 4.19. The van der Waals surface area contributed by atoms with Gasteiger partial charge in [0.15, 0.2) is 5.58 Å². The first kappa shape index (κ1) is 19.7. The Morgan fingerprint density at radius 1 is 0.897 bits per heavy atom. The molecule has 2 fully saturated rings. The number of nitrogens with zero attached hydrogens (tertiary/aromatic N) is 4. The van der Waals surface area contributed by atoms with Crippen LogP contribution in [0.25, 0.3) is 11.1 Å². The second kappa shape index (κ2) is 8.82. The summed E-state index contributed by atoms with van der Waals surface area (Å²) in [6.45, 7) is 5.46. The van der Waals surface area contributed by atoms with Crippen LogP contribution in [0.5, 0.6) is 0 Å². The molecule has 156 valence electrons. The number of benzene rings is 1. The first-order valence-corrected chi connectivity index (χ1v) is 10.5. The molecule has 8 heteroatoms. The van der Waals surface area contributed by atoms with Crippen LogP contribution in [0.3, 0.4) is 0 Å². The number of carbonyl (C=O) groups excluding carboxylic acids is 2. The zero-order valence-corrected chi connectivity index (χ0v) is 16.7. The van der Waals surface area contributed by atoms with E-state index in [1.165, 1.54) is 0 Å². The average Bonchev–Trinajstić information content (AvgIpc) is 3.37. The second-order valence-corrected chi connectivity index (χ2v) is 7.84. The summed E-state index contributed by atoms with van der Waals surface area (Å²) in [6, 6.07) is 7.32. The van der Waals surface area contributed by atoms with Gasteiger partial charge in [0.25, 0.3) is 0 Å². The SMILES string of the molecule is O=C(CCCn1c(=O)oc2ccccc21)N1CCN(CC(=O)N2CCCC2)CC1. The van der Waals surface area contributed by atoms with E-state index in [1.54, 1.807) is 10.6 Å². The number of para-hydroxylation sites is 2. The summed E-state index contributed by atoms with van der Waals surface area (Å²) in [7, 11) is 0. The van der Waals surface area contributed by atoms with Crippen molar-refractivity contribution in [3.63, 3.8) is 0 Å². The van der Waals surface area contributed by atoms with Crippen LogP contribution in [0.4, 0.5) is 0 Å². The fraction of sp³-hybridized carbons (Fsp3) is 0.571. The first-order valence-electron chi connectivity index (χ1n) is 10.5. The Balaban J connectivity index is 1.21. The number of likely N-dealkylation sites (tertiary alicyclic amines) is 1. The van der Waals surface area contributed by atoms with E-state index in [1.807, 2.05) is 28.0 Å². The summed E-state index contributed by atoms with van der Waals surface area (Å²) >= 11 is 0. The molecule has 0 atom stereocenters. The van der Waals surface area contributed by atoms with Crippen molar-refractivity contribution in [2.75, 3.05) is 45.8 Å². The van der Waals surface area contributed by atoms with Crippen LogP contribution >= 0.6 is 0 Å². The highest BCUT2D eigenvalue weighted by Crippen LogP contribution is 2.13. The summed E-state index contributed by atoms with van der Waals surface area (Å²) < 4.78 is 6.82. The molecule has 0 N–H and O–H groups in total. The van der Waals surface area contributed by atoms with Crippen molar-refractivity contribution in [3.05, 3.63) is 34.8 Å². The fourth-order valence-electron chi connectivity index (χ4n) is 4.19. The van der Waals surface area contributed by atoms with Crippen LogP contribution in [-0.2, 0) is 16.1 Å². The summed E-state index contributed by atoms with van der Waals surface area (Å²) in [6.07, 6.45) is 3.21. The molecule has 1 aromatic carbocycles. The molecule has 8 nitrogen and oxygen atoms in total. The molecule has 3 heterocycles. The maximum atomic E-state index is 12.5. The minimum absolute atomic E-state index is 0.108. The number of aryl methyl sites for hydroxylation is 1. The number of carbonyl (C=O) groups is 2. The van der Waals surface area contributed by atoms with Gasteiger partial charge in [-0.25, -0.2) is 4.79 Å². The lowest BCUT2D eigenvalue weighted by Gasteiger charge is -2.35. The van der Waals surface area contributed by atoms with E-state index in [9.17, 15) is 14.4 Å². The number of rotatable bonds is 6. The van der Waals surface area contributed by atoms with Gasteiger partial charge < -0.3 is 14.2 Å². The van der Waals surface area contributed by atoms with E-state index in [0.717, 1.165) is 44.5 Å². The van der Waals surface area contributed by atoms with E-state index in [-0.39, 0.29) is 17.6 Å². The van der Waals surface area contributed by atoms with Gasteiger partial charge in [-0.05, 0) is 31.4 Å². The summed E-state index contributed by atoms with van der Waals surface area (Å²) in [5, 5.41) is 0. The molecule has 2 aliphatic heterocycles. The maximum Gasteiger partial charge on any atom is 0.419 e. The molecule has 0 aliphatic carbocycles. The lowest BCUT2D eigenvalue weighted by Crippen LogP contribution is -2.51. The predicted octanol–water partition coefficient (Wildman–Crippen LogP) is 1.14. The van der Waals surface area contributed by atoms with Crippen molar-refractivity contribution < 1.29 is 14.0 Å². The van der Waals surface area contributed by atoms with E-state index in [0.29, 0.717) is 44.6 Å². The number of fused-ring (bicyclic) bond motifs is 1. The number of hydrogen-bond donors (Lipinski definition) is 0. The molecule has 0 spiro atoms. The third kappa shape index (κ3) is 4.53. The van der Waals surface area contributed by atoms with Crippen molar-refractivity contribution in [3.8, 4) is 0 Å². The van der Waals surface area contributed by atoms with Crippen molar-refractivity contribution in [1.82, 2.24) is 19.3 Å². The predicted molar refractivity (Wildman–Crippen MR) is 109 cm³/mol. The summed E-state index contributed by atoms with van der Waals surface area (Å²) in [5.74, 6) is -0.0636. The normalized spacial score (nSPS) is 17.9. The Morgan fingerprint density at radius 2 is 1.59 bits per heavy atom. The minimum Gasteiger partial charge on any atom is -0.408 e. The van der Waals surface area contributed by atoms with Gasteiger partial charge in [0, 0.05) is 52.2 Å². The highest BCUT2D eigenvalue weighted by molar-refractivity contribution is 5.79. The van der Waals surface area contributed by atoms with Crippen LogP contribution in [0.1, 0.15) is 25.7 Å². The Labute approximate surface area is 169 Å². The molecule has 29 heavy (non-hydrogen) atoms. The smallest absolute Gasteiger partial charge is 0.408 e. The number of piperazine rings is 1. The lowest BCUT2D eigenvalue weighted by atomic mass is 10.2. The third-order valence-corrected chi connectivity index (χ3v) is 5.89. The quantitative estimate of drug-likeness (QED) is 0.727. The standard InChI is InChI=1S/C21H28N4O4/c26-19(8-5-11-25-17-6-1-2-7-18(17)29-21(25)28)24-14-12-22(13-15-24)16-20(27)23-9-3-4-10-23/h1-2,6-7H,3-5,8-16H2. The van der Waals surface area contributed by atoms with Gasteiger partial charge >= 0.3 is 5.76 Å². The molecular formula is C21H28N4O4. The molecule has 2 aromatic rings. The van der Waals surface area contributed by atoms with Crippen LogP contribution < -0.4 is 5.76 Å². The average molecular weight is 400 g/mol. The molecule has 2 aliphatic rings. The Morgan fingerprint density at radius 3 is 2.34 bits per heavy atom. The summed E-state index contributed by atoms with van der Waals surface area (Å²) in [5.41, 5.74) is 1.34. The zero-order valence-electron chi connectivity index (χ0n) is 16.7. The van der Waals surface area contributed by atoms with Gasteiger partial charge in [-0.2, -0.15) is 0 Å². The van der Waals surface area contributed by atoms with Crippen LogP contribution in [0, 0.1) is 0 Å². The first-order chi connectivity index (χ1) is 14.1. The van der Waals surface area contributed by atoms with E-state index < -0.39 is 0 Å². The van der Waals surface area contributed by atoms with Gasteiger partial charge in [0.2, 0.25) is 11.8 Å². The Hall–Kier alpha value is -2.61. The van der Waals surface area contributed by atoms with Crippen molar-refractivity contribution in [2.24, 2.45) is 0 Å². The van der Waals surface area contributed by atoms with Gasteiger partial charge in [-0.1, -0.05) is 12.1 Å². The number of aromatic nitrogens is 1. The van der Waals surface area contributed by atoms with E-state index >= 15 is 0 Å². The number of amides is 2. The monoisotopic (exact) mass is 400 g/mol. The summed E-state index contributed by atoms with van der Waals surface area (Å²) in [4.78, 5) is 42.8. The van der Waals surface area contributed by atoms with Crippen molar-refractivity contribution in [1.29, 1.82) is 0 Å². The third-order valence-electron chi connectivity index (χ3n) is 5.89. The molecule has 2 saturated heterocycles. The molecule has 1 aromatic heterocycles. The van der Waals surface area contributed by atoms with Crippen LogP contribution in [-0.4, -0.2) is 76.9 Å². The molecule has 0 bridgehead atoms. The van der Waals surface area contributed by atoms with Gasteiger partial charge in [-0.3, -0.25) is 19.1 Å². The number of oxazole rings is 1. The second-order valence-electron chi connectivity index (χ2n) is 7.84. The Bertz CT molecular complexity index is 920. The van der Waals surface area contributed by atoms with Crippen molar-refractivity contribution >= 4 is 22.9 Å². The van der Waals surface area contributed by atoms with Crippen LogP contribution in [0.15, 0.2) is 33.5 Å². The minimum atomic E-state index is -0.380. The molecule has 4 rings (SSSR count). The zero-order chi connectivity index (χ0) is 20.2. The number of hydrogen-bond acceptors (Lipinski definition) is 5. The topological polar surface area (TPSA) is 79.0 Å². The van der Waals surface area contributed by atoms with Crippen molar-refractivity contribution in [2.45, 2.75) is 32.2 Å². The Kier molecular flexibility index (Phi) is 5.99. The molecule has 0 radical (unpaired) electrons. The van der Waals surface area contributed by atoms with Gasteiger partial charge in [-0.15, -0.1) is 0 Å². The lowest BCUT2D eigenvalue weighted by molar-refractivity contribution is -0.134. The molecule has 0 saturated carbocycles. The van der Waals surface area contributed by atoms with Gasteiger partial charge in [0.05, 0.1) is 12.1 Å². The van der Waals surface area contributed by atoms with Gasteiger partial charge in [0.1, 0.15) is 0 Å². The van der Waals surface area contributed by atoms with Crippen LogP contribution in [0.2, 0.25) is 0 Å². The maximum absolute atomic E-state index is 12.5. The largest absolute Gasteiger partial charge is 0.419 e. The van der Waals surface area contributed by atoms with E-state index in [2.05, 4.69) is 4.90 Å². The van der Waals surface area contributed by atoms with E-state index in [4.69, 9.17) is 4.42 Å². The highest BCUT2D eigenvalue weighted by atomic mass is 16.4. The molecule has 2 amide bonds.